The van der Waals surface area contributed by atoms with E-state index < -0.39 is 0 Å². The van der Waals surface area contributed by atoms with Gasteiger partial charge >= 0.3 is 0 Å². The van der Waals surface area contributed by atoms with Gasteiger partial charge in [0.2, 0.25) is 11.8 Å². The zero-order valence-corrected chi connectivity index (χ0v) is 16.7. The van der Waals surface area contributed by atoms with E-state index in [0.29, 0.717) is 11.3 Å². The Balaban J connectivity index is 1.56. The molecule has 2 heterocycles. The van der Waals surface area contributed by atoms with Crippen LogP contribution in [0.4, 0.5) is 5.69 Å². The van der Waals surface area contributed by atoms with Crippen LogP contribution in [-0.2, 0) is 11.3 Å². The van der Waals surface area contributed by atoms with Crippen LogP contribution in [0.25, 0.3) is 0 Å². The van der Waals surface area contributed by atoms with E-state index in [1.807, 2.05) is 13.8 Å². The Kier molecular flexibility index (Phi) is 6.51. The third kappa shape index (κ3) is 5.45. The molecular formula is C19H24ClN5O3. The Labute approximate surface area is 168 Å². The van der Waals surface area contributed by atoms with Crippen LogP contribution in [0, 0.1) is 0 Å². The van der Waals surface area contributed by atoms with Crippen molar-refractivity contribution in [1.29, 1.82) is 0 Å². The molecule has 150 valence electrons. The lowest BCUT2D eigenvalue weighted by Gasteiger charge is -2.11. The van der Waals surface area contributed by atoms with Gasteiger partial charge in [-0.3, -0.25) is 14.3 Å². The molecule has 2 amide bonds. The number of anilines is 1. The third-order valence-corrected chi connectivity index (χ3v) is 4.60. The molecule has 2 aromatic heterocycles. The molecule has 9 heteroatoms. The van der Waals surface area contributed by atoms with Crippen LogP contribution in [0.15, 0.2) is 24.7 Å². The van der Waals surface area contributed by atoms with Gasteiger partial charge in [0.15, 0.2) is 0 Å². The van der Waals surface area contributed by atoms with Gasteiger partial charge in [-0.25, -0.2) is 4.98 Å². The van der Waals surface area contributed by atoms with E-state index in [2.05, 4.69) is 20.7 Å². The predicted octanol–water partition coefficient (Wildman–Crippen LogP) is 3.03. The fraction of sp³-hybridized carbons (Fsp3) is 0.474. The van der Waals surface area contributed by atoms with Crippen LogP contribution >= 0.6 is 11.6 Å². The number of carbonyl (C=O) groups is 2. The average Bonchev–Trinajstić information content (AvgIpc) is 3.28. The summed E-state index contributed by atoms with van der Waals surface area (Å²) < 4.78 is 6.95. The second-order valence-corrected chi connectivity index (χ2v) is 7.51. The molecule has 1 saturated carbocycles. The molecule has 0 radical (unpaired) electrons. The van der Waals surface area contributed by atoms with Gasteiger partial charge in [-0.05, 0) is 32.8 Å². The Bertz CT molecular complexity index is 846. The van der Waals surface area contributed by atoms with Crippen molar-refractivity contribution in [1.82, 2.24) is 20.1 Å². The number of carbonyl (C=O) groups excluding carboxylic acids is 2. The van der Waals surface area contributed by atoms with Crippen LogP contribution in [0.5, 0.6) is 5.88 Å². The number of pyridine rings is 1. The van der Waals surface area contributed by atoms with Crippen molar-refractivity contribution in [3.8, 4) is 5.88 Å². The smallest absolute Gasteiger partial charge is 0.257 e. The minimum Gasteiger partial charge on any atom is -0.474 e. The van der Waals surface area contributed by atoms with E-state index in [1.54, 1.807) is 6.20 Å². The molecule has 0 saturated heterocycles. The average molecular weight is 406 g/mol. The van der Waals surface area contributed by atoms with Crippen molar-refractivity contribution in [2.24, 2.45) is 0 Å². The molecule has 0 bridgehead atoms. The van der Waals surface area contributed by atoms with Crippen molar-refractivity contribution >= 4 is 29.1 Å². The van der Waals surface area contributed by atoms with Crippen LogP contribution < -0.4 is 15.4 Å². The summed E-state index contributed by atoms with van der Waals surface area (Å²) in [6.07, 6.45) is 8.81. The lowest BCUT2D eigenvalue weighted by molar-refractivity contribution is -0.122. The summed E-state index contributed by atoms with van der Waals surface area (Å²) >= 11 is 6.12. The maximum Gasteiger partial charge on any atom is 0.257 e. The lowest BCUT2D eigenvalue weighted by Crippen LogP contribution is -2.35. The van der Waals surface area contributed by atoms with Gasteiger partial charge in [-0.1, -0.05) is 24.4 Å². The van der Waals surface area contributed by atoms with Crippen molar-refractivity contribution < 1.29 is 14.3 Å². The lowest BCUT2D eigenvalue weighted by atomic mass is 10.2. The van der Waals surface area contributed by atoms with E-state index in [1.165, 1.54) is 23.1 Å². The summed E-state index contributed by atoms with van der Waals surface area (Å²) in [5, 5.41) is 10.1. The first-order chi connectivity index (χ1) is 13.4. The minimum absolute atomic E-state index is 0.0682. The number of nitrogens with one attached hydrogen (secondary N) is 2. The largest absolute Gasteiger partial charge is 0.474 e. The topological polar surface area (TPSA) is 98.1 Å². The Morgan fingerprint density at radius 2 is 2.07 bits per heavy atom. The second-order valence-electron chi connectivity index (χ2n) is 7.11. The van der Waals surface area contributed by atoms with E-state index in [4.69, 9.17) is 16.3 Å². The number of ether oxygens (including phenoxy) is 1. The molecule has 1 fully saturated rings. The highest BCUT2D eigenvalue weighted by Gasteiger charge is 2.18. The van der Waals surface area contributed by atoms with Gasteiger partial charge in [-0.2, -0.15) is 5.10 Å². The van der Waals surface area contributed by atoms with Gasteiger partial charge in [-0.15, -0.1) is 0 Å². The molecule has 0 spiro atoms. The highest BCUT2D eigenvalue weighted by atomic mass is 35.5. The van der Waals surface area contributed by atoms with Crippen molar-refractivity contribution in [3.05, 3.63) is 35.2 Å². The second kappa shape index (κ2) is 9.05. The Hall–Kier alpha value is -2.61. The molecule has 2 aromatic rings. The van der Waals surface area contributed by atoms with Crippen molar-refractivity contribution in [3.63, 3.8) is 0 Å². The van der Waals surface area contributed by atoms with Gasteiger partial charge in [0.05, 0.1) is 23.6 Å². The predicted molar refractivity (Wildman–Crippen MR) is 106 cm³/mol. The number of amides is 2. The number of aromatic nitrogens is 3. The molecule has 8 nitrogen and oxygen atoms in total. The van der Waals surface area contributed by atoms with Crippen LogP contribution in [0.2, 0.25) is 5.02 Å². The molecule has 3 rings (SSSR count). The highest BCUT2D eigenvalue weighted by molar-refractivity contribution is 6.32. The number of halogens is 1. The molecule has 0 unspecified atom stereocenters. The first kappa shape index (κ1) is 20.1. The summed E-state index contributed by atoms with van der Waals surface area (Å²) in [7, 11) is 0. The van der Waals surface area contributed by atoms with Crippen LogP contribution in [0.1, 0.15) is 49.9 Å². The first-order valence-electron chi connectivity index (χ1n) is 9.36. The zero-order chi connectivity index (χ0) is 20.1. The SMILES string of the molecule is CC(C)Oc1ncc(C(=O)Nc2cnn(CC(=O)NC3CCCC3)c2)cc1Cl. The van der Waals surface area contributed by atoms with Crippen molar-refractivity contribution in [2.45, 2.75) is 58.2 Å². The molecule has 2 N–H and O–H groups in total. The quantitative estimate of drug-likeness (QED) is 0.737. The van der Waals surface area contributed by atoms with E-state index in [0.717, 1.165) is 25.7 Å². The standard InChI is InChI=1S/C19H24ClN5O3/c1-12(2)28-19-16(20)7-13(8-21-19)18(27)24-15-9-22-25(10-15)11-17(26)23-14-5-3-4-6-14/h7-10,12,14H,3-6,11H2,1-2H3,(H,23,26)(H,24,27). The normalized spacial score (nSPS) is 14.3. The number of nitrogens with zero attached hydrogens (tertiary/aromatic N) is 3. The molecule has 1 aliphatic rings. The molecule has 0 aromatic carbocycles. The molecule has 0 atom stereocenters. The molecule has 0 aliphatic heterocycles. The monoisotopic (exact) mass is 405 g/mol. The first-order valence-corrected chi connectivity index (χ1v) is 9.74. The van der Waals surface area contributed by atoms with Gasteiger partial charge in [0, 0.05) is 18.4 Å². The summed E-state index contributed by atoms with van der Waals surface area (Å²) in [4.78, 5) is 28.6. The van der Waals surface area contributed by atoms with E-state index in [-0.39, 0.29) is 41.4 Å². The van der Waals surface area contributed by atoms with Crippen molar-refractivity contribution in [2.75, 3.05) is 5.32 Å². The van der Waals surface area contributed by atoms with Gasteiger partial charge in [0.25, 0.3) is 5.91 Å². The number of hydrogen-bond acceptors (Lipinski definition) is 5. The zero-order valence-electron chi connectivity index (χ0n) is 15.9. The molecule has 28 heavy (non-hydrogen) atoms. The summed E-state index contributed by atoms with van der Waals surface area (Å²) in [6.45, 7) is 3.84. The number of hydrogen-bond donors (Lipinski definition) is 2. The minimum atomic E-state index is -0.375. The molecular weight excluding hydrogens is 382 g/mol. The van der Waals surface area contributed by atoms with Gasteiger partial charge < -0.3 is 15.4 Å². The fourth-order valence-electron chi connectivity index (χ4n) is 3.07. The van der Waals surface area contributed by atoms with Crippen LogP contribution in [-0.4, -0.2) is 38.7 Å². The maximum atomic E-state index is 12.4. The van der Waals surface area contributed by atoms with Gasteiger partial charge in [0.1, 0.15) is 11.6 Å². The highest BCUT2D eigenvalue weighted by Crippen LogP contribution is 2.24. The Morgan fingerprint density at radius 1 is 1.32 bits per heavy atom. The molecule has 1 aliphatic carbocycles. The van der Waals surface area contributed by atoms with E-state index >= 15 is 0 Å². The summed E-state index contributed by atoms with van der Waals surface area (Å²) in [6, 6.07) is 1.77. The summed E-state index contributed by atoms with van der Waals surface area (Å²) in [5.74, 6) is -0.167. The third-order valence-electron chi connectivity index (χ3n) is 4.33. The fourth-order valence-corrected chi connectivity index (χ4v) is 3.28. The van der Waals surface area contributed by atoms with Crippen LogP contribution in [0.3, 0.4) is 0 Å². The maximum absolute atomic E-state index is 12.4. The van der Waals surface area contributed by atoms with E-state index in [9.17, 15) is 9.59 Å². The number of rotatable bonds is 7. The summed E-state index contributed by atoms with van der Waals surface area (Å²) in [5.41, 5.74) is 0.783. The Morgan fingerprint density at radius 3 is 2.75 bits per heavy atom.